The molecular weight excluding hydrogens is 412 g/mol. The molecule has 0 aromatic heterocycles. The van der Waals surface area contributed by atoms with Crippen LogP contribution < -0.4 is 10.0 Å². The van der Waals surface area contributed by atoms with Crippen molar-refractivity contribution in [3.8, 4) is 0 Å². The van der Waals surface area contributed by atoms with Crippen LogP contribution in [0.25, 0.3) is 0 Å². The summed E-state index contributed by atoms with van der Waals surface area (Å²) in [7, 11) is 0.491. The maximum absolute atomic E-state index is 12.4. The van der Waals surface area contributed by atoms with Crippen molar-refractivity contribution in [2.45, 2.75) is 36.6 Å². The van der Waals surface area contributed by atoms with Crippen molar-refractivity contribution in [1.29, 1.82) is 0 Å². The van der Waals surface area contributed by atoms with E-state index >= 15 is 0 Å². The molecular formula is C23H30N4O3S. The highest BCUT2D eigenvalue weighted by Crippen LogP contribution is 2.22. The zero-order valence-corrected chi connectivity index (χ0v) is 18.9. The van der Waals surface area contributed by atoms with E-state index in [0.29, 0.717) is 24.4 Å². The van der Waals surface area contributed by atoms with Crippen molar-refractivity contribution < 1.29 is 13.2 Å². The number of nitrogens with one attached hydrogen (secondary N) is 2. The van der Waals surface area contributed by atoms with E-state index in [9.17, 15) is 13.2 Å². The number of hydrogen-bond donors (Lipinski definition) is 2. The Balaban J connectivity index is 1.43. The number of carbonyl (C=O) groups is 1. The number of nitrogens with zero attached hydrogens (tertiary/aromatic N) is 2. The van der Waals surface area contributed by atoms with E-state index in [1.165, 1.54) is 0 Å². The molecule has 1 aliphatic rings. The lowest BCUT2D eigenvalue weighted by molar-refractivity contribution is -0.122. The van der Waals surface area contributed by atoms with Gasteiger partial charge in [-0.1, -0.05) is 48.9 Å². The van der Waals surface area contributed by atoms with Crippen molar-refractivity contribution in [3.05, 3.63) is 65.7 Å². The number of benzene rings is 2. The summed E-state index contributed by atoms with van der Waals surface area (Å²) in [5.74, 6) is 0.447. The second-order valence-corrected chi connectivity index (χ2v) is 9.59. The minimum Gasteiger partial charge on any atom is -0.348 e. The van der Waals surface area contributed by atoms with Gasteiger partial charge in [0.05, 0.1) is 10.9 Å². The Bertz CT molecular complexity index is 1020. The van der Waals surface area contributed by atoms with E-state index in [1.807, 2.05) is 44.4 Å². The largest absolute Gasteiger partial charge is 0.348 e. The fourth-order valence-corrected chi connectivity index (χ4v) is 4.82. The first-order valence-corrected chi connectivity index (χ1v) is 12.0. The van der Waals surface area contributed by atoms with Gasteiger partial charge in [-0.15, -0.1) is 0 Å². The summed E-state index contributed by atoms with van der Waals surface area (Å²) in [5, 5.41) is 3.14. The number of likely N-dealkylation sites (N-methyl/N-ethyl adjacent to an activating group) is 1. The van der Waals surface area contributed by atoms with Gasteiger partial charge in [0.15, 0.2) is 0 Å². The Hall–Kier alpha value is -2.71. The van der Waals surface area contributed by atoms with Gasteiger partial charge in [-0.3, -0.25) is 14.5 Å². The van der Waals surface area contributed by atoms with Crippen molar-refractivity contribution >= 4 is 21.8 Å². The van der Waals surface area contributed by atoms with Gasteiger partial charge in [-0.25, -0.2) is 8.42 Å². The van der Waals surface area contributed by atoms with E-state index < -0.39 is 10.0 Å². The average Bonchev–Trinajstić information content (AvgIpc) is 3.01. The van der Waals surface area contributed by atoms with Crippen molar-refractivity contribution in [2.75, 3.05) is 27.2 Å². The average molecular weight is 443 g/mol. The van der Waals surface area contributed by atoms with Crippen LogP contribution >= 0.6 is 0 Å². The molecule has 8 heteroatoms. The molecule has 31 heavy (non-hydrogen) atoms. The summed E-state index contributed by atoms with van der Waals surface area (Å²) in [6.07, 6.45) is 2.87. The molecule has 0 saturated heterocycles. The first-order valence-electron chi connectivity index (χ1n) is 10.5. The number of amidine groups is 1. The van der Waals surface area contributed by atoms with Gasteiger partial charge in [0, 0.05) is 25.1 Å². The summed E-state index contributed by atoms with van der Waals surface area (Å²) in [6, 6.07) is 16.8. The predicted octanol–water partition coefficient (Wildman–Crippen LogP) is 2.70. The van der Waals surface area contributed by atoms with E-state index in [0.717, 1.165) is 31.4 Å². The molecule has 3 rings (SSSR count). The SMILES string of the molecule is CN(C)CC(NC(=O)CCCCCN=C1NS(=O)(=O)c2ccccc21)c1ccccc1. The fourth-order valence-electron chi connectivity index (χ4n) is 3.57. The molecule has 1 amide bonds. The topological polar surface area (TPSA) is 90.9 Å². The van der Waals surface area contributed by atoms with E-state index in [4.69, 9.17) is 0 Å². The molecule has 0 spiro atoms. The van der Waals surface area contributed by atoms with Crippen molar-refractivity contribution in [2.24, 2.45) is 4.99 Å². The second kappa shape index (κ2) is 10.5. The second-order valence-electron chi connectivity index (χ2n) is 7.94. The van der Waals surface area contributed by atoms with Gasteiger partial charge in [0.1, 0.15) is 5.84 Å². The van der Waals surface area contributed by atoms with Gasteiger partial charge >= 0.3 is 0 Å². The highest BCUT2D eigenvalue weighted by molar-refractivity contribution is 7.90. The lowest BCUT2D eigenvalue weighted by Gasteiger charge is -2.23. The molecule has 1 atom stereocenters. The first kappa shape index (κ1) is 23.0. The van der Waals surface area contributed by atoms with Gasteiger partial charge < -0.3 is 10.2 Å². The zero-order valence-electron chi connectivity index (χ0n) is 18.0. The molecule has 0 fully saturated rings. The van der Waals surface area contributed by atoms with Gasteiger partial charge in [-0.05, 0) is 44.6 Å². The summed E-state index contributed by atoms with van der Waals surface area (Å²) < 4.78 is 26.7. The Kier molecular flexibility index (Phi) is 7.81. The summed E-state index contributed by atoms with van der Waals surface area (Å²) >= 11 is 0. The normalized spacial score (nSPS) is 16.7. The molecule has 0 bridgehead atoms. The van der Waals surface area contributed by atoms with Crippen LogP contribution in [0.3, 0.4) is 0 Å². The maximum Gasteiger partial charge on any atom is 0.263 e. The number of fused-ring (bicyclic) bond motifs is 1. The Morgan fingerprint density at radius 3 is 2.48 bits per heavy atom. The van der Waals surface area contributed by atoms with Gasteiger partial charge in [0.2, 0.25) is 5.91 Å². The van der Waals surface area contributed by atoms with E-state index in [2.05, 4.69) is 19.9 Å². The van der Waals surface area contributed by atoms with Crippen molar-refractivity contribution in [1.82, 2.24) is 14.9 Å². The molecule has 1 heterocycles. The number of rotatable bonds is 10. The number of carbonyl (C=O) groups excluding carboxylic acids is 1. The third-order valence-electron chi connectivity index (χ3n) is 5.08. The van der Waals surface area contributed by atoms with Crippen LogP contribution in [0, 0.1) is 0 Å². The molecule has 166 valence electrons. The molecule has 7 nitrogen and oxygen atoms in total. The van der Waals surface area contributed by atoms with Crippen LogP contribution in [0.1, 0.15) is 42.9 Å². The smallest absolute Gasteiger partial charge is 0.263 e. The number of hydrogen-bond acceptors (Lipinski definition) is 5. The molecule has 1 aliphatic heterocycles. The highest BCUT2D eigenvalue weighted by Gasteiger charge is 2.29. The Morgan fingerprint density at radius 1 is 1.03 bits per heavy atom. The predicted molar refractivity (Wildman–Crippen MR) is 123 cm³/mol. The fraction of sp³-hybridized carbons (Fsp3) is 0.391. The van der Waals surface area contributed by atoms with Crippen molar-refractivity contribution in [3.63, 3.8) is 0 Å². The summed E-state index contributed by atoms with van der Waals surface area (Å²) in [6.45, 7) is 1.26. The monoisotopic (exact) mass is 442 g/mol. The minimum absolute atomic E-state index is 0.0365. The highest BCUT2D eigenvalue weighted by atomic mass is 32.2. The zero-order chi connectivity index (χ0) is 22.3. The molecule has 2 N–H and O–H groups in total. The van der Waals surface area contributed by atoms with Crippen LogP contribution in [-0.2, 0) is 14.8 Å². The molecule has 2 aromatic carbocycles. The molecule has 0 aliphatic carbocycles. The number of unbranched alkanes of at least 4 members (excludes halogenated alkanes) is 2. The third-order valence-corrected chi connectivity index (χ3v) is 6.48. The molecule has 0 radical (unpaired) electrons. The Morgan fingerprint density at radius 2 is 1.74 bits per heavy atom. The lowest BCUT2D eigenvalue weighted by Crippen LogP contribution is -2.35. The van der Waals surface area contributed by atoms with E-state index in [-0.39, 0.29) is 16.8 Å². The maximum atomic E-state index is 12.4. The molecule has 1 unspecified atom stereocenters. The standard InChI is InChI=1S/C23H30N4O3S/c1-27(2)17-20(18-11-5-3-6-12-18)25-22(28)15-7-4-10-16-24-23-19-13-8-9-14-21(19)31(29,30)26-23/h3,5-6,8-9,11-14,20H,4,7,10,15-17H2,1-2H3,(H,24,26)(H,25,28). The number of aliphatic imine (C=N–C) groups is 1. The quantitative estimate of drug-likeness (QED) is 0.554. The van der Waals surface area contributed by atoms with Crippen LogP contribution in [0.15, 0.2) is 64.5 Å². The number of sulfonamides is 1. The minimum atomic E-state index is -3.49. The van der Waals surface area contributed by atoms with Gasteiger partial charge in [-0.2, -0.15) is 0 Å². The Labute approximate surface area is 184 Å². The lowest BCUT2D eigenvalue weighted by atomic mass is 10.1. The summed E-state index contributed by atoms with van der Waals surface area (Å²) in [4.78, 5) is 19.2. The van der Waals surface area contributed by atoms with Gasteiger partial charge in [0.25, 0.3) is 10.0 Å². The molecule has 0 saturated carbocycles. The number of amides is 1. The molecule has 2 aromatic rings. The third kappa shape index (κ3) is 6.38. The van der Waals surface area contributed by atoms with Crippen LogP contribution in [0.5, 0.6) is 0 Å². The summed E-state index contributed by atoms with van der Waals surface area (Å²) in [5.41, 5.74) is 1.72. The van der Waals surface area contributed by atoms with Crippen LogP contribution in [0.2, 0.25) is 0 Å². The van der Waals surface area contributed by atoms with Crippen LogP contribution in [0.4, 0.5) is 0 Å². The van der Waals surface area contributed by atoms with E-state index in [1.54, 1.807) is 24.3 Å². The van der Waals surface area contributed by atoms with Crippen LogP contribution in [-0.4, -0.2) is 52.2 Å². The first-order chi connectivity index (χ1) is 14.9.